The number of likely N-dealkylation sites (tertiary alicyclic amines) is 1. The number of carbonyl (C=O) groups is 1. The number of carbonyl (C=O) groups excluding carboxylic acids is 1. The number of piperidine rings is 1. The maximum atomic E-state index is 12.8. The van der Waals surface area contributed by atoms with Crippen LogP contribution in [-0.2, 0) is 17.9 Å². The first kappa shape index (κ1) is 25.8. The van der Waals surface area contributed by atoms with Gasteiger partial charge in [0.25, 0.3) is 0 Å². The average molecular weight is 486 g/mol. The number of amides is 1. The molecular formula is C31H39N3O2. The van der Waals surface area contributed by atoms with Gasteiger partial charge in [-0.05, 0) is 60.6 Å². The first-order valence-corrected chi connectivity index (χ1v) is 13.1. The Morgan fingerprint density at radius 1 is 0.917 bits per heavy atom. The van der Waals surface area contributed by atoms with Crippen molar-refractivity contribution in [1.82, 2.24) is 4.90 Å². The predicted octanol–water partition coefficient (Wildman–Crippen LogP) is 5.64. The minimum atomic E-state index is -0.398. The zero-order valence-electron chi connectivity index (χ0n) is 21.6. The smallest absolute Gasteiger partial charge is 0.239 e. The number of hydrogen-bond acceptors (Lipinski definition) is 4. The van der Waals surface area contributed by atoms with E-state index in [1.54, 1.807) is 0 Å². The molecule has 36 heavy (non-hydrogen) atoms. The first-order valence-electron chi connectivity index (χ1n) is 13.1. The van der Waals surface area contributed by atoms with Gasteiger partial charge in [-0.2, -0.15) is 0 Å². The van der Waals surface area contributed by atoms with Gasteiger partial charge in [-0.1, -0.05) is 74.5 Å². The molecule has 0 aromatic heterocycles. The normalized spacial score (nSPS) is 15.1. The fraction of sp³-hybridized carbons (Fsp3) is 0.387. The van der Waals surface area contributed by atoms with Crippen LogP contribution >= 0.6 is 0 Å². The minimum absolute atomic E-state index is 0.0941. The highest BCUT2D eigenvalue weighted by molar-refractivity contribution is 5.81. The van der Waals surface area contributed by atoms with Gasteiger partial charge in [0.05, 0.1) is 6.04 Å². The molecule has 5 nitrogen and oxygen atoms in total. The maximum absolute atomic E-state index is 12.8. The summed E-state index contributed by atoms with van der Waals surface area (Å²) in [6, 6.07) is 29.2. The number of ether oxygens (including phenoxy) is 1. The van der Waals surface area contributed by atoms with Gasteiger partial charge in [-0.3, -0.25) is 4.79 Å². The van der Waals surface area contributed by atoms with Gasteiger partial charge in [0.15, 0.2) is 0 Å². The van der Waals surface area contributed by atoms with E-state index in [-0.39, 0.29) is 5.91 Å². The van der Waals surface area contributed by atoms with Crippen LogP contribution in [0.1, 0.15) is 44.2 Å². The standard InChI is InChI=1S/C31H39N3O2/c1-24(2)21-30(32)31(35)33-19-17-28(18-20-33)34(22-25-9-5-3-6-10-25)27-13-15-29(16-14-27)36-23-26-11-7-4-8-12-26/h3-16,24,28,30H,17-23,32H2,1-2H3. The van der Waals surface area contributed by atoms with Crippen molar-refractivity contribution in [3.8, 4) is 5.75 Å². The number of anilines is 1. The Bertz CT molecular complexity index is 1060. The van der Waals surface area contributed by atoms with E-state index in [2.05, 4.69) is 85.5 Å². The van der Waals surface area contributed by atoms with E-state index < -0.39 is 6.04 Å². The minimum Gasteiger partial charge on any atom is -0.489 e. The van der Waals surface area contributed by atoms with Crippen LogP contribution in [0.5, 0.6) is 5.75 Å². The van der Waals surface area contributed by atoms with Crippen molar-refractivity contribution in [2.75, 3.05) is 18.0 Å². The SMILES string of the molecule is CC(C)CC(N)C(=O)N1CCC(N(Cc2ccccc2)c2ccc(OCc3ccccc3)cc2)CC1. The fourth-order valence-corrected chi connectivity index (χ4v) is 4.93. The molecule has 1 unspecified atom stereocenters. The van der Waals surface area contributed by atoms with Crippen molar-refractivity contribution in [2.45, 2.75) is 58.3 Å². The lowest BCUT2D eigenvalue weighted by Gasteiger charge is -2.40. The third-order valence-corrected chi connectivity index (χ3v) is 6.87. The van der Waals surface area contributed by atoms with Crippen LogP contribution in [0.15, 0.2) is 84.9 Å². The molecule has 1 saturated heterocycles. The number of nitrogens with two attached hydrogens (primary N) is 1. The lowest BCUT2D eigenvalue weighted by molar-refractivity contribution is -0.134. The molecule has 0 saturated carbocycles. The summed E-state index contributed by atoms with van der Waals surface area (Å²) in [7, 11) is 0. The Morgan fingerprint density at radius 3 is 2.08 bits per heavy atom. The summed E-state index contributed by atoms with van der Waals surface area (Å²) < 4.78 is 6.01. The average Bonchev–Trinajstić information content (AvgIpc) is 2.91. The van der Waals surface area contributed by atoms with Crippen molar-refractivity contribution in [1.29, 1.82) is 0 Å². The Labute approximate surface area is 215 Å². The Kier molecular flexibility index (Phi) is 9.01. The second kappa shape index (κ2) is 12.6. The molecule has 0 aliphatic carbocycles. The van der Waals surface area contributed by atoms with Gasteiger partial charge in [-0.15, -0.1) is 0 Å². The number of benzene rings is 3. The zero-order valence-corrected chi connectivity index (χ0v) is 21.6. The fourth-order valence-electron chi connectivity index (χ4n) is 4.93. The summed E-state index contributed by atoms with van der Waals surface area (Å²) in [5.41, 5.74) is 9.80. The molecule has 0 spiro atoms. The Morgan fingerprint density at radius 2 is 1.50 bits per heavy atom. The molecule has 190 valence electrons. The molecule has 1 heterocycles. The molecule has 4 rings (SSSR count). The van der Waals surface area contributed by atoms with Crippen molar-refractivity contribution < 1.29 is 9.53 Å². The van der Waals surface area contributed by atoms with E-state index in [9.17, 15) is 4.79 Å². The Balaban J connectivity index is 1.43. The highest BCUT2D eigenvalue weighted by atomic mass is 16.5. The topological polar surface area (TPSA) is 58.8 Å². The van der Waals surface area contributed by atoms with Gasteiger partial charge in [0.2, 0.25) is 5.91 Å². The van der Waals surface area contributed by atoms with Crippen LogP contribution in [-0.4, -0.2) is 36.0 Å². The largest absolute Gasteiger partial charge is 0.489 e. The molecule has 0 radical (unpaired) electrons. The molecule has 3 aromatic carbocycles. The lowest BCUT2D eigenvalue weighted by atomic mass is 9.98. The zero-order chi connectivity index (χ0) is 25.3. The third kappa shape index (κ3) is 7.11. The van der Waals surface area contributed by atoms with Gasteiger partial charge in [-0.25, -0.2) is 0 Å². The Hall–Kier alpha value is -3.31. The molecule has 1 amide bonds. The van der Waals surface area contributed by atoms with Crippen molar-refractivity contribution in [3.63, 3.8) is 0 Å². The first-order chi connectivity index (χ1) is 17.5. The number of hydrogen-bond donors (Lipinski definition) is 1. The number of nitrogens with zero attached hydrogens (tertiary/aromatic N) is 2. The van der Waals surface area contributed by atoms with Crippen molar-refractivity contribution >= 4 is 11.6 Å². The molecule has 1 atom stereocenters. The molecule has 1 aliphatic rings. The van der Waals surface area contributed by atoms with Crippen LogP contribution in [0.4, 0.5) is 5.69 Å². The van der Waals surface area contributed by atoms with E-state index in [0.717, 1.165) is 50.2 Å². The highest BCUT2D eigenvalue weighted by Gasteiger charge is 2.29. The van der Waals surface area contributed by atoms with Crippen molar-refractivity contribution in [3.05, 3.63) is 96.1 Å². The summed E-state index contributed by atoms with van der Waals surface area (Å²) in [6.07, 6.45) is 2.59. The van der Waals surface area contributed by atoms with Crippen LogP contribution < -0.4 is 15.4 Å². The lowest BCUT2D eigenvalue weighted by Crippen LogP contribution is -2.51. The maximum Gasteiger partial charge on any atom is 0.239 e. The summed E-state index contributed by atoms with van der Waals surface area (Å²) in [5, 5.41) is 0. The molecule has 1 aliphatic heterocycles. The van der Waals surface area contributed by atoms with E-state index in [0.29, 0.717) is 18.6 Å². The molecule has 2 N–H and O–H groups in total. The van der Waals surface area contributed by atoms with Gasteiger partial charge in [0, 0.05) is 31.4 Å². The predicted molar refractivity (Wildman–Crippen MR) is 147 cm³/mol. The quantitative estimate of drug-likeness (QED) is 0.404. The van der Waals surface area contributed by atoms with Gasteiger partial charge < -0.3 is 20.3 Å². The molecule has 0 bridgehead atoms. The summed E-state index contributed by atoms with van der Waals surface area (Å²) in [4.78, 5) is 17.3. The summed E-state index contributed by atoms with van der Waals surface area (Å²) >= 11 is 0. The van der Waals surface area contributed by atoms with E-state index in [4.69, 9.17) is 10.5 Å². The van der Waals surface area contributed by atoms with Crippen LogP contribution in [0.3, 0.4) is 0 Å². The number of rotatable bonds is 10. The second-order valence-corrected chi connectivity index (χ2v) is 10.2. The van der Waals surface area contributed by atoms with Gasteiger partial charge in [0.1, 0.15) is 12.4 Å². The second-order valence-electron chi connectivity index (χ2n) is 10.2. The monoisotopic (exact) mass is 485 g/mol. The van der Waals surface area contributed by atoms with E-state index in [1.807, 2.05) is 23.1 Å². The van der Waals surface area contributed by atoms with Crippen molar-refractivity contribution in [2.24, 2.45) is 11.7 Å². The molecule has 1 fully saturated rings. The summed E-state index contributed by atoms with van der Waals surface area (Å²) in [5.74, 6) is 1.38. The van der Waals surface area contributed by atoms with Crippen LogP contribution in [0, 0.1) is 5.92 Å². The van der Waals surface area contributed by atoms with Crippen LogP contribution in [0.2, 0.25) is 0 Å². The molecular weight excluding hydrogens is 446 g/mol. The van der Waals surface area contributed by atoms with E-state index >= 15 is 0 Å². The third-order valence-electron chi connectivity index (χ3n) is 6.87. The van der Waals surface area contributed by atoms with E-state index in [1.165, 1.54) is 11.3 Å². The van der Waals surface area contributed by atoms with Crippen LogP contribution in [0.25, 0.3) is 0 Å². The van der Waals surface area contributed by atoms with Gasteiger partial charge >= 0.3 is 0 Å². The molecule has 3 aromatic rings. The molecule has 5 heteroatoms. The highest BCUT2D eigenvalue weighted by Crippen LogP contribution is 2.28. The summed E-state index contributed by atoms with van der Waals surface area (Å²) in [6.45, 7) is 7.10.